The standard InChI is InChI=1S/C19H26ClFN4O.ClH/c20-16-11-15-18(12-17(16)21)26-23-19(15)25-9-7-24(8-10-25)6-5-13-1-3-14(22)4-2-13;/h11-14H,1-10,22H2;1H/t13-,14-;. The van der Waals surface area contributed by atoms with Crippen molar-refractivity contribution in [1.82, 2.24) is 10.1 Å². The van der Waals surface area contributed by atoms with Gasteiger partial charge in [-0.05, 0) is 50.6 Å². The van der Waals surface area contributed by atoms with Crippen molar-refractivity contribution >= 4 is 40.8 Å². The fraction of sp³-hybridized carbons (Fsp3) is 0.632. The van der Waals surface area contributed by atoms with Crippen molar-refractivity contribution in [1.29, 1.82) is 0 Å². The minimum absolute atomic E-state index is 0. The van der Waals surface area contributed by atoms with Crippen LogP contribution in [0.25, 0.3) is 11.0 Å². The first-order chi connectivity index (χ1) is 12.6. The van der Waals surface area contributed by atoms with Gasteiger partial charge in [-0.3, -0.25) is 4.90 Å². The van der Waals surface area contributed by atoms with Gasteiger partial charge in [0, 0.05) is 38.3 Å². The molecule has 4 rings (SSSR count). The molecule has 27 heavy (non-hydrogen) atoms. The second-order valence-electron chi connectivity index (χ2n) is 7.67. The van der Waals surface area contributed by atoms with E-state index < -0.39 is 5.82 Å². The van der Waals surface area contributed by atoms with Gasteiger partial charge in [-0.1, -0.05) is 16.8 Å². The minimum Gasteiger partial charge on any atom is -0.354 e. The van der Waals surface area contributed by atoms with Crippen molar-refractivity contribution in [2.24, 2.45) is 11.7 Å². The van der Waals surface area contributed by atoms with Gasteiger partial charge >= 0.3 is 0 Å². The van der Waals surface area contributed by atoms with Gasteiger partial charge in [-0.15, -0.1) is 12.4 Å². The number of piperazine rings is 1. The van der Waals surface area contributed by atoms with Crippen LogP contribution in [0, 0.1) is 11.7 Å². The largest absolute Gasteiger partial charge is 0.354 e. The summed E-state index contributed by atoms with van der Waals surface area (Å²) in [5.41, 5.74) is 6.44. The molecule has 1 aromatic heterocycles. The van der Waals surface area contributed by atoms with Crippen LogP contribution in [-0.2, 0) is 0 Å². The molecule has 0 bridgehead atoms. The van der Waals surface area contributed by atoms with Crippen molar-refractivity contribution in [3.63, 3.8) is 0 Å². The summed E-state index contributed by atoms with van der Waals surface area (Å²) in [6.07, 6.45) is 6.20. The van der Waals surface area contributed by atoms with Crippen LogP contribution >= 0.6 is 24.0 Å². The fourth-order valence-electron chi connectivity index (χ4n) is 4.17. The number of hydrogen-bond donors (Lipinski definition) is 1. The Morgan fingerprint density at radius 3 is 2.56 bits per heavy atom. The molecule has 0 atom stereocenters. The first kappa shape index (κ1) is 20.6. The average Bonchev–Trinajstić information content (AvgIpc) is 3.05. The predicted octanol–water partition coefficient (Wildman–Crippen LogP) is 4.07. The molecule has 1 aliphatic carbocycles. The zero-order valence-corrected chi connectivity index (χ0v) is 16.9. The van der Waals surface area contributed by atoms with Gasteiger partial charge < -0.3 is 15.2 Å². The molecule has 1 aromatic carbocycles. The number of rotatable bonds is 4. The third-order valence-electron chi connectivity index (χ3n) is 5.91. The van der Waals surface area contributed by atoms with Crippen LogP contribution < -0.4 is 10.6 Å². The zero-order valence-electron chi connectivity index (χ0n) is 15.4. The number of nitrogens with zero attached hydrogens (tertiary/aromatic N) is 3. The van der Waals surface area contributed by atoms with Crippen LogP contribution in [-0.4, -0.2) is 48.8 Å². The van der Waals surface area contributed by atoms with Crippen LogP contribution in [0.2, 0.25) is 5.02 Å². The number of hydrogen-bond acceptors (Lipinski definition) is 5. The predicted molar refractivity (Wildman–Crippen MR) is 109 cm³/mol. The van der Waals surface area contributed by atoms with Crippen LogP contribution in [0.1, 0.15) is 32.1 Å². The van der Waals surface area contributed by atoms with E-state index in [1.165, 1.54) is 38.2 Å². The monoisotopic (exact) mass is 416 g/mol. The molecule has 1 saturated heterocycles. The molecule has 2 heterocycles. The molecule has 8 heteroatoms. The van der Waals surface area contributed by atoms with Gasteiger partial charge in [0.1, 0.15) is 5.82 Å². The number of fused-ring (bicyclic) bond motifs is 1. The Hall–Kier alpha value is -1.08. The van der Waals surface area contributed by atoms with E-state index in [2.05, 4.69) is 15.0 Å². The maximum Gasteiger partial charge on any atom is 0.180 e. The summed E-state index contributed by atoms with van der Waals surface area (Å²) < 4.78 is 18.9. The van der Waals surface area contributed by atoms with Gasteiger partial charge in [-0.2, -0.15) is 0 Å². The molecule has 1 aliphatic heterocycles. The van der Waals surface area contributed by atoms with Crippen molar-refractivity contribution in [3.05, 3.63) is 23.0 Å². The lowest BCUT2D eigenvalue weighted by atomic mass is 9.84. The van der Waals surface area contributed by atoms with E-state index in [1.54, 1.807) is 6.07 Å². The van der Waals surface area contributed by atoms with Crippen LogP contribution in [0.5, 0.6) is 0 Å². The number of anilines is 1. The molecule has 5 nitrogen and oxygen atoms in total. The third-order valence-corrected chi connectivity index (χ3v) is 6.20. The van der Waals surface area contributed by atoms with Gasteiger partial charge in [0.2, 0.25) is 0 Å². The highest BCUT2D eigenvalue weighted by Gasteiger charge is 2.24. The van der Waals surface area contributed by atoms with Crippen LogP contribution in [0.3, 0.4) is 0 Å². The van der Waals surface area contributed by atoms with Gasteiger partial charge in [0.05, 0.1) is 10.4 Å². The fourth-order valence-corrected chi connectivity index (χ4v) is 4.34. The summed E-state index contributed by atoms with van der Waals surface area (Å²) in [5, 5.41) is 5.03. The molecular weight excluding hydrogens is 390 g/mol. The number of nitrogens with two attached hydrogens (primary N) is 1. The van der Waals surface area contributed by atoms with Crippen molar-refractivity contribution in [2.45, 2.75) is 38.1 Å². The summed E-state index contributed by atoms with van der Waals surface area (Å²) in [4.78, 5) is 4.73. The molecular formula is C19H27Cl2FN4O. The Balaban J connectivity index is 0.00000210. The second kappa shape index (κ2) is 8.95. The molecule has 0 radical (unpaired) electrons. The molecule has 2 aliphatic rings. The number of aromatic nitrogens is 1. The van der Waals surface area contributed by atoms with Crippen LogP contribution in [0.4, 0.5) is 10.2 Å². The van der Waals surface area contributed by atoms with Crippen molar-refractivity contribution in [3.8, 4) is 0 Å². The van der Waals surface area contributed by atoms with E-state index in [4.69, 9.17) is 21.9 Å². The maximum atomic E-state index is 13.6. The smallest absolute Gasteiger partial charge is 0.180 e. The van der Waals surface area contributed by atoms with Gasteiger partial charge in [-0.25, -0.2) is 4.39 Å². The Labute approximate surface area is 170 Å². The van der Waals surface area contributed by atoms with E-state index >= 15 is 0 Å². The Bertz CT molecular complexity index is 755. The van der Waals surface area contributed by atoms with Gasteiger partial charge in [0.25, 0.3) is 0 Å². The first-order valence-electron chi connectivity index (χ1n) is 9.57. The number of halogens is 3. The summed E-state index contributed by atoms with van der Waals surface area (Å²) in [6.45, 7) is 4.97. The Morgan fingerprint density at radius 2 is 1.85 bits per heavy atom. The highest BCUT2D eigenvalue weighted by atomic mass is 35.5. The lowest BCUT2D eigenvalue weighted by Gasteiger charge is -2.36. The van der Waals surface area contributed by atoms with E-state index in [0.717, 1.165) is 49.8 Å². The zero-order chi connectivity index (χ0) is 18.1. The Morgan fingerprint density at radius 1 is 1.15 bits per heavy atom. The average molecular weight is 417 g/mol. The summed E-state index contributed by atoms with van der Waals surface area (Å²) in [5.74, 6) is 1.13. The van der Waals surface area contributed by atoms with Gasteiger partial charge in [0.15, 0.2) is 11.4 Å². The lowest BCUT2D eigenvalue weighted by molar-refractivity contribution is 0.216. The SMILES string of the molecule is Cl.N[C@H]1CC[C@H](CCN2CCN(c3noc4cc(F)c(Cl)cc34)CC2)CC1. The Kier molecular flexibility index (Phi) is 6.84. The van der Waals surface area contributed by atoms with E-state index in [0.29, 0.717) is 11.6 Å². The summed E-state index contributed by atoms with van der Waals surface area (Å²) >= 11 is 5.92. The maximum absolute atomic E-state index is 13.6. The second-order valence-corrected chi connectivity index (χ2v) is 8.07. The normalized spacial score (nSPS) is 24.2. The molecule has 2 fully saturated rings. The van der Waals surface area contributed by atoms with E-state index in [9.17, 15) is 4.39 Å². The quantitative estimate of drug-likeness (QED) is 0.813. The highest BCUT2D eigenvalue weighted by Crippen LogP contribution is 2.31. The first-order valence-corrected chi connectivity index (χ1v) is 9.95. The van der Waals surface area contributed by atoms with E-state index in [-0.39, 0.29) is 17.4 Å². The molecule has 2 N–H and O–H groups in total. The summed E-state index contributed by atoms with van der Waals surface area (Å²) in [6, 6.07) is 3.34. The van der Waals surface area contributed by atoms with Crippen LogP contribution in [0.15, 0.2) is 16.7 Å². The van der Waals surface area contributed by atoms with Crippen molar-refractivity contribution in [2.75, 3.05) is 37.6 Å². The molecule has 150 valence electrons. The van der Waals surface area contributed by atoms with E-state index in [1.807, 2.05) is 0 Å². The highest BCUT2D eigenvalue weighted by molar-refractivity contribution is 6.31. The van der Waals surface area contributed by atoms with Crippen molar-refractivity contribution < 1.29 is 8.91 Å². The molecule has 0 unspecified atom stereocenters. The lowest BCUT2D eigenvalue weighted by Crippen LogP contribution is -2.47. The summed E-state index contributed by atoms with van der Waals surface area (Å²) in [7, 11) is 0. The topological polar surface area (TPSA) is 58.5 Å². The molecule has 0 spiro atoms. The third kappa shape index (κ3) is 4.67. The molecule has 0 amide bonds. The molecule has 2 aromatic rings. The number of benzene rings is 1. The minimum atomic E-state index is -0.477. The molecule has 1 saturated carbocycles.